The van der Waals surface area contributed by atoms with Crippen LogP contribution in [-0.2, 0) is 26.0 Å². The zero-order chi connectivity index (χ0) is 19.6. The molecule has 0 saturated carbocycles. The first-order valence-corrected chi connectivity index (χ1v) is 9.74. The average molecular weight is 386 g/mol. The molecule has 27 heavy (non-hydrogen) atoms. The lowest BCUT2D eigenvalue weighted by molar-refractivity contribution is -0.126. The maximum Gasteiger partial charge on any atom is 0.269 e. The molecule has 0 fully saturated rings. The molecule has 0 radical (unpaired) electrons. The maximum atomic E-state index is 12.5. The number of fused-ring (bicyclic) bond motifs is 1. The summed E-state index contributed by atoms with van der Waals surface area (Å²) in [7, 11) is -4.07. The highest BCUT2D eigenvalue weighted by Crippen LogP contribution is 2.29. The molecule has 2 amide bonds. The maximum absolute atomic E-state index is 12.5. The van der Waals surface area contributed by atoms with E-state index in [4.69, 9.17) is 0 Å². The normalized spacial score (nSPS) is 15.9. The SMILES string of the molecule is CC(=O)[C@H](Cc1ccccc1)NC(=O)CN1C(=O)c2ccccc2S1(=O)=O. The van der Waals surface area contributed by atoms with Crippen LogP contribution >= 0.6 is 0 Å². The van der Waals surface area contributed by atoms with Crippen LogP contribution in [0.5, 0.6) is 0 Å². The molecule has 2 aromatic rings. The van der Waals surface area contributed by atoms with Gasteiger partial charge in [-0.15, -0.1) is 0 Å². The van der Waals surface area contributed by atoms with Crippen molar-refractivity contribution in [2.75, 3.05) is 6.54 Å². The van der Waals surface area contributed by atoms with Crippen LogP contribution in [0.1, 0.15) is 22.8 Å². The summed E-state index contributed by atoms with van der Waals surface area (Å²) >= 11 is 0. The molecular formula is C19H18N2O5S. The predicted molar refractivity (Wildman–Crippen MR) is 97.4 cm³/mol. The first kappa shape index (κ1) is 18.8. The molecule has 0 aromatic heterocycles. The number of hydrogen-bond acceptors (Lipinski definition) is 5. The van der Waals surface area contributed by atoms with Gasteiger partial charge in [-0.05, 0) is 31.0 Å². The second kappa shape index (κ2) is 7.32. The van der Waals surface area contributed by atoms with E-state index < -0.39 is 34.4 Å². The fourth-order valence-electron chi connectivity index (χ4n) is 2.90. The Kier molecular flexibility index (Phi) is 5.09. The Hall–Kier alpha value is -3.00. The molecule has 0 aliphatic carbocycles. The molecule has 1 aliphatic heterocycles. The summed E-state index contributed by atoms with van der Waals surface area (Å²) in [5.74, 6) is -1.72. The first-order chi connectivity index (χ1) is 12.8. The van der Waals surface area contributed by atoms with Gasteiger partial charge in [-0.1, -0.05) is 42.5 Å². The molecule has 140 valence electrons. The van der Waals surface area contributed by atoms with E-state index in [9.17, 15) is 22.8 Å². The van der Waals surface area contributed by atoms with E-state index in [1.54, 1.807) is 6.07 Å². The van der Waals surface area contributed by atoms with Crippen molar-refractivity contribution >= 4 is 27.6 Å². The predicted octanol–water partition coefficient (Wildman–Crippen LogP) is 1.15. The lowest BCUT2D eigenvalue weighted by atomic mass is 10.0. The Bertz CT molecular complexity index is 1000. The monoisotopic (exact) mass is 386 g/mol. The summed E-state index contributed by atoms with van der Waals surface area (Å²) in [5, 5.41) is 2.53. The zero-order valence-electron chi connectivity index (χ0n) is 14.6. The fourth-order valence-corrected chi connectivity index (χ4v) is 4.43. The Labute approximate surface area is 157 Å². The van der Waals surface area contributed by atoms with Crippen molar-refractivity contribution in [3.8, 4) is 0 Å². The zero-order valence-corrected chi connectivity index (χ0v) is 15.4. The van der Waals surface area contributed by atoms with Crippen LogP contribution < -0.4 is 5.32 Å². The summed E-state index contributed by atoms with van der Waals surface area (Å²) in [6.45, 7) is 0.676. The van der Waals surface area contributed by atoms with E-state index in [1.807, 2.05) is 30.3 Å². The highest BCUT2D eigenvalue weighted by atomic mass is 32.2. The Morgan fingerprint density at radius 2 is 1.67 bits per heavy atom. The van der Waals surface area contributed by atoms with Crippen LogP contribution in [0.25, 0.3) is 0 Å². The minimum atomic E-state index is -4.07. The Balaban J connectivity index is 1.73. The van der Waals surface area contributed by atoms with E-state index in [0.29, 0.717) is 4.31 Å². The van der Waals surface area contributed by atoms with Crippen molar-refractivity contribution in [2.45, 2.75) is 24.3 Å². The van der Waals surface area contributed by atoms with E-state index >= 15 is 0 Å². The standard InChI is InChI=1S/C19H18N2O5S/c1-13(22)16(11-14-7-3-2-4-8-14)20-18(23)12-21-19(24)15-9-5-6-10-17(15)27(21,25)26/h2-10,16H,11-12H2,1H3,(H,20,23)/t16-/m0/s1. The van der Waals surface area contributed by atoms with Gasteiger partial charge in [0, 0.05) is 0 Å². The number of benzene rings is 2. The number of Topliss-reactive ketones (excluding diaryl/α,β-unsaturated/α-hetero) is 1. The highest BCUT2D eigenvalue weighted by Gasteiger charge is 2.42. The van der Waals surface area contributed by atoms with Gasteiger partial charge in [-0.2, -0.15) is 0 Å². The van der Waals surface area contributed by atoms with Crippen molar-refractivity contribution in [3.63, 3.8) is 0 Å². The number of amides is 2. The van der Waals surface area contributed by atoms with Gasteiger partial charge in [0.2, 0.25) is 5.91 Å². The second-order valence-corrected chi connectivity index (χ2v) is 8.06. The van der Waals surface area contributed by atoms with E-state index in [0.717, 1.165) is 5.56 Å². The van der Waals surface area contributed by atoms with Crippen molar-refractivity contribution in [1.82, 2.24) is 9.62 Å². The number of rotatable bonds is 6. The fraction of sp³-hybridized carbons (Fsp3) is 0.211. The van der Waals surface area contributed by atoms with Gasteiger partial charge >= 0.3 is 0 Å². The molecule has 2 aromatic carbocycles. The van der Waals surface area contributed by atoms with Crippen molar-refractivity contribution in [2.24, 2.45) is 0 Å². The van der Waals surface area contributed by atoms with Gasteiger partial charge < -0.3 is 5.32 Å². The molecule has 1 heterocycles. The average Bonchev–Trinajstić information content (AvgIpc) is 2.83. The summed E-state index contributed by atoms with van der Waals surface area (Å²) in [6.07, 6.45) is 0.281. The van der Waals surface area contributed by atoms with Crippen LogP contribution in [0.15, 0.2) is 59.5 Å². The van der Waals surface area contributed by atoms with Gasteiger partial charge in [0.25, 0.3) is 15.9 Å². The summed E-state index contributed by atoms with van der Waals surface area (Å²) < 4.78 is 25.5. The van der Waals surface area contributed by atoms with E-state index in [-0.39, 0.29) is 22.7 Å². The molecule has 8 heteroatoms. The minimum absolute atomic E-state index is 0.0395. The van der Waals surface area contributed by atoms with Gasteiger partial charge in [0.1, 0.15) is 11.4 Å². The van der Waals surface area contributed by atoms with Gasteiger partial charge in [0.15, 0.2) is 5.78 Å². The molecule has 1 aliphatic rings. The number of carbonyl (C=O) groups is 3. The van der Waals surface area contributed by atoms with Crippen LogP contribution in [0.3, 0.4) is 0 Å². The smallest absolute Gasteiger partial charge is 0.269 e. The third kappa shape index (κ3) is 3.75. The summed E-state index contributed by atoms with van der Waals surface area (Å²) in [6, 6.07) is 14.1. The van der Waals surface area contributed by atoms with Crippen LogP contribution in [0.2, 0.25) is 0 Å². The van der Waals surface area contributed by atoms with Gasteiger partial charge in [-0.25, -0.2) is 12.7 Å². The Morgan fingerprint density at radius 3 is 2.30 bits per heavy atom. The third-order valence-corrected chi connectivity index (χ3v) is 6.09. The molecular weight excluding hydrogens is 368 g/mol. The molecule has 3 rings (SSSR count). The van der Waals surface area contributed by atoms with Crippen LogP contribution in [-0.4, -0.2) is 42.9 Å². The summed E-state index contributed by atoms with van der Waals surface area (Å²) in [5.41, 5.74) is 0.896. The lowest BCUT2D eigenvalue weighted by Gasteiger charge is -2.19. The molecule has 0 saturated heterocycles. The number of ketones is 1. The molecule has 7 nitrogen and oxygen atoms in total. The largest absolute Gasteiger partial charge is 0.344 e. The first-order valence-electron chi connectivity index (χ1n) is 8.30. The quantitative estimate of drug-likeness (QED) is 0.803. The molecule has 0 bridgehead atoms. The minimum Gasteiger partial charge on any atom is -0.344 e. The lowest BCUT2D eigenvalue weighted by Crippen LogP contribution is -2.47. The number of sulfonamides is 1. The van der Waals surface area contributed by atoms with Crippen LogP contribution in [0, 0.1) is 0 Å². The second-order valence-electron chi connectivity index (χ2n) is 6.23. The van der Waals surface area contributed by atoms with Gasteiger partial charge in [-0.3, -0.25) is 14.4 Å². The van der Waals surface area contributed by atoms with Gasteiger partial charge in [0.05, 0.1) is 11.6 Å². The molecule has 0 unspecified atom stereocenters. The molecule has 0 spiro atoms. The Morgan fingerprint density at radius 1 is 1.04 bits per heavy atom. The van der Waals surface area contributed by atoms with E-state index in [2.05, 4.69) is 5.32 Å². The molecule has 1 atom stereocenters. The van der Waals surface area contributed by atoms with Crippen molar-refractivity contribution in [1.29, 1.82) is 0 Å². The summed E-state index contributed by atoms with van der Waals surface area (Å²) in [4.78, 5) is 36.5. The number of nitrogens with zero attached hydrogens (tertiary/aromatic N) is 1. The van der Waals surface area contributed by atoms with Crippen molar-refractivity contribution < 1.29 is 22.8 Å². The van der Waals surface area contributed by atoms with E-state index in [1.165, 1.54) is 25.1 Å². The van der Waals surface area contributed by atoms with Crippen molar-refractivity contribution in [3.05, 3.63) is 65.7 Å². The number of carbonyl (C=O) groups excluding carboxylic acids is 3. The molecule has 1 N–H and O–H groups in total. The highest BCUT2D eigenvalue weighted by molar-refractivity contribution is 7.90. The van der Waals surface area contributed by atoms with Crippen LogP contribution in [0.4, 0.5) is 0 Å². The third-order valence-electron chi connectivity index (χ3n) is 4.31. The number of hydrogen-bond donors (Lipinski definition) is 1. The number of nitrogens with one attached hydrogen (secondary N) is 1. The topological polar surface area (TPSA) is 101 Å².